The summed E-state index contributed by atoms with van der Waals surface area (Å²) in [5.74, 6) is 0.152. The molecule has 0 radical (unpaired) electrons. The summed E-state index contributed by atoms with van der Waals surface area (Å²) in [4.78, 5) is 11.8. The van der Waals surface area contributed by atoms with Crippen molar-refractivity contribution in [3.8, 4) is 0 Å². The molecular weight excluding hydrogens is 212 g/mol. The first-order valence-corrected chi connectivity index (χ1v) is 5.72. The van der Waals surface area contributed by atoms with Crippen LogP contribution >= 0.6 is 0 Å². The van der Waals surface area contributed by atoms with Gasteiger partial charge in [-0.15, -0.1) is 0 Å². The number of benzene rings is 1. The zero-order chi connectivity index (χ0) is 12.3. The largest absolute Gasteiger partial charge is 0.294 e. The van der Waals surface area contributed by atoms with E-state index in [4.69, 9.17) is 0 Å². The van der Waals surface area contributed by atoms with Gasteiger partial charge >= 0.3 is 0 Å². The van der Waals surface area contributed by atoms with Crippen molar-refractivity contribution in [2.24, 2.45) is 7.05 Å². The van der Waals surface area contributed by atoms with Crippen LogP contribution < -0.4 is 0 Å². The lowest BCUT2D eigenvalue weighted by atomic mass is 10.0. The second-order valence-electron chi connectivity index (χ2n) is 4.31. The number of aryl methyl sites for hydroxylation is 3. The Kier molecular flexibility index (Phi) is 3.38. The van der Waals surface area contributed by atoms with Crippen LogP contribution in [0.2, 0.25) is 0 Å². The molecule has 0 aliphatic carbocycles. The fourth-order valence-electron chi connectivity index (χ4n) is 1.72. The van der Waals surface area contributed by atoms with E-state index in [0.717, 1.165) is 6.42 Å². The number of aromatic nitrogens is 2. The van der Waals surface area contributed by atoms with Crippen molar-refractivity contribution in [2.45, 2.75) is 19.8 Å². The molecule has 0 amide bonds. The van der Waals surface area contributed by atoms with Gasteiger partial charge in [-0.3, -0.25) is 9.48 Å². The van der Waals surface area contributed by atoms with Crippen LogP contribution in [0.4, 0.5) is 0 Å². The van der Waals surface area contributed by atoms with Gasteiger partial charge in [0.15, 0.2) is 5.78 Å². The zero-order valence-electron chi connectivity index (χ0n) is 10.2. The van der Waals surface area contributed by atoms with E-state index in [2.05, 4.69) is 36.3 Å². The van der Waals surface area contributed by atoms with Crippen LogP contribution in [0.1, 0.15) is 27.9 Å². The lowest BCUT2D eigenvalue weighted by Crippen LogP contribution is -2.00. The van der Waals surface area contributed by atoms with E-state index in [1.807, 2.05) is 7.05 Å². The van der Waals surface area contributed by atoms with Crippen molar-refractivity contribution in [1.29, 1.82) is 0 Å². The number of carbonyl (C=O) groups excluding carboxylic acids is 1. The molecule has 0 saturated heterocycles. The first-order chi connectivity index (χ1) is 8.15. The van der Waals surface area contributed by atoms with E-state index in [1.165, 1.54) is 11.1 Å². The number of hydrogen-bond acceptors (Lipinski definition) is 2. The van der Waals surface area contributed by atoms with Crippen molar-refractivity contribution in [2.75, 3.05) is 0 Å². The first kappa shape index (κ1) is 11.6. The molecule has 17 heavy (non-hydrogen) atoms. The van der Waals surface area contributed by atoms with Gasteiger partial charge in [0.25, 0.3) is 0 Å². The van der Waals surface area contributed by atoms with E-state index >= 15 is 0 Å². The average molecular weight is 228 g/mol. The summed E-state index contributed by atoms with van der Waals surface area (Å²) in [5.41, 5.74) is 3.14. The van der Waals surface area contributed by atoms with E-state index in [-0.39, 0.29) is 5.78 Å². The Morgan fingerprint density at radius 1 is 1.29 bits per heavy atom. The molecule has 0 saturated carbocycles. The van der Waals surface area contributed by atoms with E-state index < -0.39 is 0 Å². The number of hydrogen-bond donors (Lipinski definition) is 0. The van der Waals surface area contributed by atoms with Crippen LogP contribution in [-0.4, -0.2) is 15.6 Å². The van der Waals surface area contributed by atoms with Gasteiger partial charge in [0.05, 0.1) is 11.8 Å². The van der Waals surface area contributed by atoms with Crippen LogP contribution in [-0.2, 0) is 13.5 Å². The number of nitrogens with zero attached hydrogens (tertiary/aromatic N) is 2. The van der Waals surface area contributed by atoms with E-state index in [0.29, 0.717) is 12.0 Å². The highest BCUT2D eigenvalue weighted by molar-refractivity contribution is 5.95. The summed E-state index contributed by atoms with van der Waals surface area (Å²) >= 11 is 0. The number of ketones is 1. The predicted octanol–water partition coefficient (Wildman–Crippen LogP) is 2.54. The van der Waals surface area contributed by atoms with Gasteiger partial charge in [-0.1, -0.05) is 29.8 Å². The van der Waals surface area contributed by atoms with Gasteiger partial charge in [-0.2, -0.15) is 5.10 Å². The number of carbonyl (C=O) groups is 1. The van der Waals surface area contributed by atoms with Crippen LogP contribution in [0.25, 0.3) is 0 Å². The molecule has 3 heteroatoms. The molecule has 2 rings (SSSR count). The quantitative estimate of drug-likeness (QED) is 0.754. The standard InChI is InChI=1S/C14H16N2O/c1-11-3-5-12(6-4-11)7-8-14(17)13-9-15-16(2)10-13/h3-6,9-10H,7-8H2,1-2H3. The van der Waals surface area contributed by atoms with Crippen LogP contribution in [0.5, 0.6) is 0 Å². The highest BCUT2D eigenvalue weighted by atomic mass is 16.1. The maximum Gasteiger partial charge on any atom is 0.166 e. The van der Waals surface area contributed by atoms with Gasteiger partial charge in [0.1, 0.15) is 0 Å². The molecule has 1 heterocycles. The molecule has 0 bridgehead atoms. The minimum absolute atomic E-state index is 0.152. The topological polar surface area (TPSA) is 34.9 Å². The van der Waals surface area contributed by atoms with Crippen LogP contribution in [0.15, 0.2) is 36.7 Å². The van der Waals surface area contributed by atoms with E-state index in [9.17, 15) is 4.79 Å². The molecule has 0 fully saturated rings. The second kappa shape index (κ2) is 4.95. The smallest absolute Gasteiger partial charge is 0.166 e. The summed E-state index contributed by atoms with van der Waals surface area (Å²) in [7, 11) is 1.82. The van der Waals surface area contributed by atoms with E-state index in [1.54, 1.807) is 17.1 Å². The molecule has 0 spiro atoms. The van der Waals surface area contributed by atoms with Gasteiger partial charge in [-0.05, 0) is 18.9 Å². The maximum atomic E-state index is 11.8. The van der Waals surface area contributed by atoms with Crippen molar-refractivity contribution in [3.05, 3.63) is 53.3 Å². The maximum absolute atomic E-state index is 11.8. The number of Topliss-reactive ketones (excluding diaryl/α,β-unsaturated/α-hetero) is 1. The minimum atomic E-state index is 0.152. The molecule has 1 aromatic carbocycles. The summed E-state index contributed by atoms with van der Waals surface area (Å²) < 4.78 is 1.65. The third-order valence-electron chi connectivity index (χ3n) is 2.79. The molecule has 0 atom stereocenters. The Balaban J connectivity index is 1.94. The molecule has 0 aliphatic rings. The summed E-state index contributed by atoms with van der Waals surface area (Å²) in [5, 5.41) is 4.00. The molecule has 0 unspecified atom stereocenters. The summed E-state index contributed by atoms with van der Waals surface area (Å²) in [6.45, 7) is 2.06. The molecule has 0 aliphatic heterocycles. The fraction of sp³-hybridized carbons (Fsp3) is 0.286. The molecule has 2 aromatic rings. The first-order valence-electron chi connectivity index (χ1n) is 5.72. The highest BCUT2D eigenvalue weighted by Gasteiger charge is 2.07. The second-order valence-corrected chi connectivity index (χ2v) is 4.31. The van der Waals surface area contributed by atoms with Crippen LogP contribution in [0, 0.1) is 6.92 Å². The van der Waals surface area contributed by atoms with Crippen molar-refractivity contribution < 1.29 is 4.79 Å². The Morgan fingerprint density at radius 3 is 2.59 bits per heavy atom. The summed E-state index contributed by atoms with van der Waals surface area (Å²) in [6.07, 6.45) is 4.71. The Hall–Kier alpha value is -1.90. The molecule has 1 aromatic heterocycles. The van der Waals surface area contributed by atoms with Crippen LogP contribution in [0.3, 0.4) is 0 Å². The van der Waals surface area contributed by atoms with Gasteiger partial charge < -0.3 is 0 Å². The summed E-state index contributed by atoms with van der Waals surface area (Å²) in [6, 6.07) is 8.30. The lowest BCUT2D eigenvalue weighted by molar-refractivity contribution is 0.0983. The predicted molar refractivity (Wildman–Crippen MR) is 67.0 cm³/mol. The lowest BCUT2D eigenvalue weighted by Gasteiger charge is -2.00. The monoisotopic (exact) mass is 228 g/mol. The Labute approximate surface area is 101 Å². The molecular formula is C14H16N2O. The molecule has 3 nitrogen and oxygen atoms in total. The van der Waals surface area contributed by atoms with Gasteiger partial charge in [0, 0.05) is 19.7 Å². The normalized spacial score (nSPS) is 10.5. The number of rotatable bonds is 4. The van der Waals surface area contributed by atoms with Gasteiger partial charge in [0.2, 0.25) is 0 Å². The van der Waals surface area contributed by atoms with Gasteiger partial charge in [-0.25, -0.2) is 0 Å². The SMILES string of the molecule is Cc1ccc(CCC(=O)c2cnn(C)c2)cc1. The third-order valence-corrected chi connectivity index (χ3v) is 2.79. The zero-order valence-corrected chi connectivity index (χ0v) is 10.2. The highest BCUT2D eigenvalue weighted by Crippen LogP contribution is 2.09. The van der Waals surface area contributed by atoms with Crippen molar-refractivity contribution >= 4 is 5.78 Å². The Morgan fingerprint density at radius 2 is 2.00 bits per heavy atom. The third kappa shape index (κ3) is 3.03. The molecule has 0 N–H and O–H groups in total. The van der Waals surface area contributed by atoms with Crippen molar-refractivity contribution in [3.63, 3.8) is 0 Å². The molecule has 88 valence electrons. The average Bonchev–Trinajstić information content (AvgIpc) is 2.75. The fourth-order valence-corrected chi connectivity index (χ4v) is 1.72. The Bertz CT molecular complexity index is 511. The minimum Gasteiger partial charge on any atom is -0.294 e. The van der Waals surface area contributed by atoms with Crippen molar-refractivity contribution in [1.82, 2.24) is 9.78 Å².